The van der Waals surface area contributed by atoms with E-state index in [4.69, 9.17) is 10.7 Å². The molecule has 0 aliphatic rings. The molecule has 0 amide bonds. The largest absolute Gasteiger partial charge is 0.367 e. The third kappa shape index (κ3) is 3.32. The van der Waals surface area contributed by atoms with Crippen molar-refractivity contribution in [1.82, 2.24) is 14.8 Å². The number of alkyl halides is 4. The minimum Gasteiger partial charge on any atom is -0.220 e. The highest BCUT2D eigenvalue weighted by Crippen LogP contribution is 2.32. The fourth-order valence-electron chi connectivity index (χ4n) is 1.96. The molecule has 0 fully saturated rings. The van der Waals surface area contributed by atoms with Crippen molar-refractivity contribution in [3.8, 4) is 5.69 Å². The van der Waals surface area contributed by atoms with Gasteiger partial charge in [-0.15, -0.1) is 5.10 Å². The molecule has 1 aromatic carbocycles. The summed E-state index contributed by atoms with van der Waals surface area (Å²) in [5.74, 6) is -5.87. The van der Waals surface area contributed by atoms with Crippen LogP contribution in [0.4, 0.5) is 17.6 Å². The Morgan fingerprint density at radius 3 is 2.35 bits per heavy atom. The van der Waals surface area contributed by atoms with Crippen LogP contribution >= 0.6 is 10.7 Å². The lowest BCUT2D eigenvalue weighted by molar-refractivity contribution is -0.140. The van der Waals surface area contributed by atoms with Gasteiger partial charge in [-0.2, -0.15) is 8.78 Å². The Balaban J connectivity index is 2.58. The van der Waals surface area contributed by atoms with E-state index < -0.39 is 27.2 Å². The summed E-state index contributed by atoms with van der Waals surface area (Å²) in [6.45, 7) is 3.07. The average Bonchev–Trinajstić information content (AvgIpc) is 2.86. The number of hydrogen-bond acceptors (Lipinski definition) is 4. The smallest absolute Gasteiger partial charge is 0.220 e. The van der Waals surface area contributed by atoms with E-state index in [9.17, 15) is 26.0 Å². The Bertz CT molecular complexity index is 852. The van der Waals surface area contributed by atoms with Crippen LogP contribution in [0.3, 0.4) is 0 Å². The Labute approximate surface area is 133 Å². The molecule has 0 N–H and O–H groups in total. The maximum Gasteiger partial charge on any atom is 0.367 e. The molecule has 0 saturated carbocycles. The molecule has 0 spiro atoms. The predicted molar refractivity (Wildman–Crippen MR) is 73.8 cm³/mol. The minimum atomic E-state index is -4.51. The summed E-state index contributed by atoms with van der Waals surface area (Å²) in [7, 11) is 1.23. The summed E-state index contributed by atoms with van der Waals surface area (Å²) in [4.78, 5) is 2.94. The van der Waals surface area contributed by atoms with E-state index >= 15 is 0 Å². The molecule has 1 aromatic heterocycles. The van der Waals surface area contributed by atoms with Gasteiger partial charge in [-0.05, 0) is 31.0 Å². The van der Waals surface area contributed by atoms with Gasteiger partial charge in [0.25, 0.3) is 9.05 Å². The zero-order chi connectivity index (χ0) is 17.6. The van der Waals surface area contributed by atoms with Gasteiger partial charge in [-0.1, -0.05) is 6.07 Å². The molecule has 0 aliphatic carbocycles. The molecule has 2 rings (SSSR count). The molecule has 5 nitrogen and oxygen atoms in total. The van der Waals surface area contributed by atoms with Crippen LogP contribution in [0.15, 0.2) is 23.4 Å². The van der Waals surface area contributed by atoms with Crippen LogP contribution in [0.1, 0.15) is 17.0 Å². The van der Waals surface area contributed by atoms with Crippen molar-refractivity contribution < 1.29 is 26.0 Å². The van der Waals surface area contributed by atoms with E-state index in [1.165, 1.54) is 13.0 Å². The minimum absolute atomic E-state index is 0.0821. The maximum absolute atomic E-state index is 13.2. The second kappa shape index (κ2) is 5.75. The number of benzene rings is 1. The highest BCUT2D eigenvalue weighted by Gasteiger charge is 2.46. The molecule has 0 aliphatic heterocycles. The van der Waals surface area contributed by atoms with Gasteiger partial charge in [0.15, 0.2) is 0 Å². The SMILES string of the molecule is Cc1cc(C)c(S(=O)(=O)Cl)cc1-n1cnc(C(F)(F)C(F)F)n1. The Kier molecular flexibility index (Phi) is 4.42. The number of halogens is 5. The number of aromatic nitrogens is 3. The quantitative estimate of drug-likeness (QED) is 0.611. The van der Waals surface area contributed by atoms with E-state index in [0.29, 0.717) is 11.1 Å². The Morgan fingerprint density at radius 1 is 1.22 bits per heavy atom. The first kappa shape index (κ1) is 17.7. The lowest BCUT2D eigenvalue weighted by Crippen LogP contribution is -2.25. The van der Waals surface area contributed by atoms with Gasteiger partial charge in [0, 0.05) is 10.7 Å². The second-order valence-corrected chi connectivity index (χ2v) is 7.31. The van der Waals surface area contributed by atoms with Crippen LogP contribution in [-0.4, -0.2) is 29.6 Å². The Morgan fingerprint density at radius 2 is 1.83 bits per heavy atom. The topological polar surface area (TPSA) is 64.8 Å². The fourth-order valence-corrected chi connectivity index (χ4v) is 3.16. The number of hydrogen-bond donors (Lipinski definition) is 0. The van der Waals surface area contributed by atoms with Crippen molar-refractivity contribution in [2.24, 2.45) is 0 Å². The van der Waals surface area contributed by atoms with Crippen molar-refractivity contribution in [2.75, 3.05) is 0 Å². The van der Waals surface area contributed by atoms with Crippen LogP contribution in [-0.2, 0) is 15.0 Å². The molecule has 0 saturated heterocycles. The van der Waals surface area contributed by atoms with E-state index in [0.717, 1.165) is 17.1 Å². The van der Waals surface area contributed by atoms with Crippen molar-refractivity contribution >= 4 is 19.7 Å². The van der Waals surface area contributed by atoms with Gasteiger partial charge in [-0.25, -0.2) is 26.9 Å². The summed E-state index contributed by atoms with van der Waals surface area (Å²) in [6, 6.07) is 2.57. The molecule has 0 unspecified atom stereocenters. The van der Waals surface area contributed by atoms with Crippen LogP contribution < -0.4 is 0 Å². The van der Waals surface area contributed by atoms with Crippen molar-refractivity contribution in [3.05, 3.63) is 35.4 Å². The molecule has 0 bridgehead atoms. The van der Waals surface area contributed by atoms with E-state index in [2.05, 4.69) is 10.1 Å². The first-order valence-corrected chi connectivity index (χ1v) is 8.40. The van der Waals surface area contributed by atoms with Crippen molar-refractivity contribution in [1.29, 1.82) is 0 Å². The molecule has 0 radical (unpaired) electrons. The zero-order valence-corrected chi connectivity index (χ0v) is 13.3. The first-order valence-electron chi connectivity index (χ1n) is 6.09. The molecular formula is C12H10ClF4N3O2S. The summed E-state index contributed by atoms with van der Waals surface area (Å²) >= 11 is 0. The molecule has 0 atom stereocenters. The first-order chi connectivity index (χ1) is 10.4. The van der Waals surface area contributed by atoms with Crippen LogP contribution in [0.25, 0.3) is 5.69 Å². The van der Waals surface area contributed by atoms with E-state index in [-0.39, 0.29) is 10.6 Å². The standard InChI is InChI=1S/C12H10ClF4N3O2S/c1-6-3-7(2)9(23(13,21)22)4-8(6)20-5-18-11(19-20)12(16,17)10(14)15/h3-5,10H,1-2H3. The van der Waals surface area contributed by atoms with Crippen LogP contribution in [0.2, 0.25) is 0 Å². The van der Waals surface area contributed by atoms with Crippen molar-refractivity contribution in [2.45, 2.75) is 31.1 Å². The van der Waals surface area contributed by atoms with Gasteiger partial charge in [0.1, 0.15) is 6.33 Å². The van der Waals surface area contributed by atoms with Gasteiger partial charge in [0.2, 0.25) is 5.82 Å². The summed E-state index contributed by atoms with van der Waals surface area (Å²) < 4.78 is 74.9. The molecule has 11 heteroatoms. The number of rotatable bonds is 4. The molecule has 126 valence electrons. The van der Waals surface area contributed by atoms with Crippen LogP contribution in [0.5, 0.6) is 0 Å². The molecule has 23 heavy (non-hydrogen) atoms. The monoisotopic (exact) mass is 371 g/mol. The van der Waals surface area contributed by atoms with Crippen molar-refractivity contribution in [3.63, 3.8) is 0 Å². The fraction of sp³-hybridized carbons (Fsp3) is 0.333. The number of aryl methyl sites for hydroxylation is 2. The Hall–Kier alpha value is -1.68. The summed E-state index contributed by atoms with van der Waals surface area (Å²) in [6.07, 6.45) is -3.16. The maximum atomic E-state index is 13.2. The average molecular weight is 372 g/mol. The summed E-state index contributed by atoms with van der Waals surface area (Å²) in [5.41, 5.74) is 0.904. The van der Waals surface area contributed by atoms with Gasteiger partial charge < -0.3 is 0 Å². The lowest BCUT2D eigenvalue weighted by atomic mass is 10.1. The third-order valence-electron chi connectivity index (χ3n) is 3.07. The highest BCUT2D eigenvalue weighted by atomic mass is 35.7. The molecule has 1 heterocycles. The third-order valence-corrected chi connectivity index (χ3v) is 4.53. The van der Waals surface area contributed by atoms with E-state index in [1.54, 1.807) is 6.92 Å². The lowest BCUT2D eigenvalue weighted by Gasteiger charge is -2.11. The van der Waals surface area contributed by atoms with Gasteiger partial charge in [-0.3, -0.25) is 0 Å². The highest BCUT2D eigenvalue weighted by molar-refractivity contribution is 8.13. The van der Waals surface area contributed by atoms with Crippen LogP contribution in [0, 0.1) is 13.8 Å². The summed E-state index contributed by atoms with van der Waals surface area (Å²) in [5, 5.41) is 3.32. The van der Waals surface area contributed by atoms with E-state index in [1.807, 2.05) is 0 Å². The molecular weight excluding hydrogens is 362 g/mol. The van der Waals surface area contributed by atoms with Gasteiger partial charge >= 0.3 is 12.3 Å². The van der Waals surface area contributed by atoms with Gasteiger partial charge in [0.05, 0.1) is 10.6 Å². The normalized spacial score (nSPS) is 12.9. The predicted octanol–water partition coefficient (Wildman–Crippen LogP) is 3.17. The molecule has 2 aromatic rings. The second-order valence-electron chi connectivity index (χ2n) is 4.78. The number of nitrogens with zero attached hydrogens (tertiary/aromatic N) is 3. The zero-order valence-electron chi connectivity index (χ0n) is 11.8.